The molecule has 1 heterocycles. The van der Waals surface area contributed by atoms with Crippen molar-refractivity contribution in [3.63, 3.8) is 0 Å². The highest BCUT2D eigenvalue weighted by Gasteiger charge is 2.45. The van der Waals surface area contributed by atoms with E-state index in [4.69, 9.17) is 0 Å². The number of likely N-dealkylation sites (tertiary alicyclic amines) is 1. The summed E-state index contributed by atoms with van der Waals surface area (Å²) in [6, 6.07) is 0. The van der Waals surface area contributed by atoms with Crippen LogP contribution < -0.4 is 4.90 Å². The molecule has 0 aromatic carbocycles. The van der Waals surface area contributed by atoms with Crippen molar-refractivity contribution >= 4 is 5.71 Å². The highest BCUT2D eigenvalue weighted by atomic mass is 16.4. The van der Waals surface area contributed by atoms with Gasteiger partial charge in [-0.05, 0) is 45.4 Å². The number of piperidine rings is 1. The summed E-state index contributed by atoms with van der Waals surface area (Å²) < 4.78 is 0. The highest BCUT2D eigenvalue weighted by molar-refractivity contribution is 5.92. The van der Waals surface area contributed by atoms with Crippen LogP contribution in [-0.4, -0.2) is 29.5 Å². The molecule has 0 spiro atoms. The van der Waals surface area contributed by atoms with Gasteiger partial charge in [-0.15, -0.1) is 0 Å². The minimum Gasteiger partial charge on any atom is -0.411 e. The van der Waals surface area contributed by atoms with Gasteiger partial charge in [-0.3, -0.25) is 0 Å². The first-order chi connectivity index (χ1) is 8.58. The molecule has 1 saturated heterocycles. The summed E-state index contributed by atoms with van der Waals surface area (Å²) in [5.74, 6) is 0.508. The van der Waals surface area contributed by atoms with Gasteiger partial charge < -0.3 is 10.1 Å². The zero-order chi connectivity index (χ0) is 13.2. The van der Waals surface area contributed by atoms with Crippen LogP contribution in [0.4, 0.5) is 0 Å². The zero-order valence-electron chi connectivity index (χ0n) is 11.8. The molecule has 2 atom stereocenters. The molecule has 102 valence electrons. The molecule has 2 rings (SSSR count). The van der Waals surface area contributed by atoms with Crippen molar-refractivity contribution in [2.24, 2.45) is 11.1 Å². The van der Waals surface area contributed by atoms with Gasteiger partial charge in [-0.2, -0.15) is 0 Å². The summed E-state index contributed by atoms with van der Waals surface area (Å²) in [4.78, 5) is 1.63. The predicted octanol–water partition coefficient (Wildman–Crippen LogP) is 2.02. The second-order valence-corrected chi connectivity index (χ2v) is 6.33. The van der Waals surface area contributed by atoms with Crippen molar-refractivity contribution in [2.45, 2.75) is 57.9 Å². The molecule has 0 aromatic rings. The van der Waals surface area contributed by atoms with Crippen LogP contribution in [0.25, 0.3) is 0 Å². The molecule has 0 bridgehead atoms. The Morgan fingerprint density at radius 3 is 2.61 bits per heavy atom. The molecule has 2 fully saturated rings. The largest absolute Gasteiger partial charge is 0.411 e. The Balaban J connectivity index is 2.14. The van der Waals surface area contributed by atoms with Crippen molar-refractivity contribution in [1.82, 2.24) is 0 Å². The number of nitrogens with zero attached hydrogens (tertiary/aromatic N) is 1. The van der Waals surface area contributed by atoms with E-state index in [2.05, 4.69) is 25.6 Å². The molecule has 2 N–H and O–H groups in total. The smallest absolute Gasteiger partial charge is 0.137 e. The summed E-state index contributed by atoms with van der Waals surface area (Å²) in [5, 5.41) is 13.1. The Labute approximate surface area is 111 Å². The summed E-state index contributed by atoms with van der Waals surface area (Å²) in [7, 11) is 0. The molecule has 3 heteroatoms. The van der Waals surface area contributed by atoms with Crippen LogP contribution in [0, 0.1) is 5.92 Å². The van der Waals surface area contributed by atoms with Crippen molar-refractivity contribution in [2.75, 3.05) is 13.1 Å². The number of rotatable bonds is 2. The minimum absolute atomic E-state index is 0.0567. The van der Waals surface area contributed by atoms with E-state index >= 15 is 0 Å². The van der Waals surface area contributed by atoms with Crippen LogP contribution in [-0.2, 0) is 0 Å². The second kappa shape index (κ2) is 5.43. The molecule has 0 radical (unpaired) electrons. The van der Waals surface area contributed by atoms with E-state index in [1.165, 1.54) is 44.3 Å². The third-order valence-electron chi connectivity index (χ3n) is 5.12. The fourth-order valence-electron chi connectivity index (χ4n) is 3.65. The third kappa shape index (κ3) is 2.46. The lowest BCUT2D eigenvalue weighted by Crippen LogP contribution is -3.21. The molecular formula is C15H27N2O+. The first kappa shape index (κ1) is 13.6. The molecule has 3 nitrogen and oxygen atoms in total. The third-order valence-corrected chi connectivity index (χ3v) is 5.12. The monoisotopic (exact) mass is 251 g/mol. The Hall–Kier alpha value is -0.830. The average molecular weight is 251 g/mol. The molecule has 0 amide bonds. The van der Waals surface area contributed by atoms with Crippen LogP contribution >= 0.6 is 0 Å². The van der Waals surface area contributed by atoms with E-state index < -0.39 is 0 Å². The molecule has 1 aliphatic carbocycles. The van der Waals surface area contributed by atoms with Gasteiger partial charge in [-0.1, -0.05) is 17.3 Å². The molecule has 2 aliphatic rings. The molecule has 0 unspecified atom stereocenters. The topological polar surface area (TPSA) is 37.0 Å². The van der Waals surface area contributed by atoms with Crippen LogP contribution in [0.3, 0.4) is 0 Å². The normalized spacial score (nSPS) is 36.8. The quantitative estimate of drug-likeness (QED) is 0.440. The average Bonchev–Trinajstić information content (AvgIpc) is 2.40. The Kier molecular flexibility index (Phi) is 4.10. The van der Waals surface area contributed by atoms with Crippen LogP contribution in [0.2, 0.25) is 0 Å². The number of oxime groups is 1. The zero-order valence-corrected chi connectivity index (χ0v) is 11.8. The van der Waals surface area contributed by atoms with Gasteiger partial charge >= 0.3 is 0 Å². The predicted molar refractivity (Wildman–Crippen MR) is 74.3 cm³/mol. The number of nitrogens with one attached hydrogen (secondary N) is 1. The number of hydrogen-bond acceptors (Lipinski definition) is 2. The molecule has 0 aromatic heterocycles. The Bertz CT molecular complexity index is 344. The summed E-state index contributed by atoms with van der Waals surface area (Å²) in [6.07, 6.45) is 7.19. The summed E-state index contributed by atoms with van der Waals surface area (Å²) in [5.41, 5.74) is 2.28. The maximum atomic E-state index is 9.40. The van der Waals surface area contributed by atoms with E-state index in [1.807, 2.05) is 0 Å². The van der Waals surface area contributed by atoms with Crippen molar-refractivity contribution in [3.8, 4) is 0 Å². The maximum Gasteiger partial charge on any atom is 0.137 e. The first-order valence-corrected chi connectivity index (χ1v) is 7.30. The number of allylic oxidation sites excluding steroid dienone is 1. The van der Waals surface area contributed by atoms with Gasteiger partial charge in [0.15, 0.2) is 0 Å². The van der Waals surface area contributed by atoms with Gasteiger partial charge in [0.2, 0.25) is 0 Å². The fraction of sp³-hybridized carbons (Fsp3) is 0.800. The molecule has 1 aliphatic heterocycles. The van der Waals surface area contributed by atoms with Crippen molar-refractivity contribution < 1.29 is 10.1 Å². The van der Waals surface area contributed by atoms with Gasteiger partial charge in [0, 0.05) is 12.8 Å². The van der Waals surface area contributed by atoms with Gasteiger partial charge in [0.05, 0.1) is 13.1 Å². The van der Waals surface area contributed by atoms with E-state index in [0.29, 0.717) is 5.92 Å². The SMILES string of the molecule is C=C(C)[C@H]1CC[C@](C)([NH+]2CCCCC2)/C(=N\O)C1. The Morgan fingerprint density at radius 1 is 1.39 bits per heavy atom. The lowest BCUT2D eigenvalue weighted by Gasteiger charge is -2.44. The van der Waals surface area contributed by atoms with Crippen LogP contribution in [0.1, 0.15) is 52.4 Å². The molecule has 1 saturated carbocycles. The molecule has 18 heavy (non-hydrogen) atoms. The van der Waals surface area contributed by atoms with Crippen molar-refractivity contribution in [3.05, 3.63) is 12.2 Å². The Morgan fingerprint density at radius 2 is 2.06 bits per heavy atom. The lowest BCUT2D eigenvalue weighted by molar-refractivity contribution is -0.944. The van der Waals surface area contributed by atoms with E-state index in [1.54, 1.807) is 4.90 Å². The van der Waals surface area contributed by atoms with E-state index in [9.17, 15) is 5.21 Å². The van der Waals surface area contributed by atoms with Crippen molar-refractivity contribution in [1.29, 1.82) is 0 Å². The van der Waals surface area contributed by atoms with Gasteiger partial charge in [0.25, 0.3) is 0 Å². The standard InChI is InChI=1S/C15H26N2O/c1-12(2)13-7-8-15(3,14(11-13)16-18)17-9-5-4-6-10-17/h13,18H,1,4-11H2,2-3H3/p+1/b16-14-/t13-,15-/m0/s1. The maximum absolute atomic E-state index is 9.40. The van der Waals surface area contributed by atoms with E-state index in [0.717, 1.165) is 18.6 Å². The number of hydrogen-bond donors (Lipinski definition) is 2. The highest BCUT2D eigenvalue weighted by Crippen LogP contribution is 2.32. The first-order valence-electron chi connectivity index (χ1n) is 7.30. The summed E-state index contributed by atoms with van der Waals surface area (Å²) >= 11 is 0. The number of quaternary nitrogens is 1. The second-order valence-electron chi connectivity index (χ2n) is 6.33. The van der Waals surface area contributed by atoms with E-state index in [-0.39, 0.29) is 5.54 Å². The molecular weight excluding hydrogens is 224 g/mol. The van der Waals surface area contributed by atoms with Crippen LogP contribution in [0.15, 0.2) is 17.3 Å². The van der Waals surface area contributed by atoms with Crippen LogP contribution in [0.5, 0.6) is 0 Å². The fourth-order valence-corrected chi connectivity index (χ4v) is 3.65. The minimum atomic E-state index is 0.0567. The van der Waals surface area contributed by atoms with Gasteiger partial charge in [0.1, 0.15) is 11.3 Å². The van der Waals surface area contributed by atoms with Gasteiger partial charge in [-0.25, -0.2) is 0 Å². The summed E-state index contributed by atoms with van der Waals surface area (Å²) in [6.45, 7) is 10.9. The lowest BCUT2D eigenvalue weighted by atomic mass is 9.72.